The number of benzene rings is 1. The van der Waals surface area contributed by atoms with Crippen molar-refractivity contribution in [2.24, 2.45) is 0 Å². The highest BCUT2D eigenvalue weighted by atomic mass is 35.5. The summed E-state index contributed by atoms with van der Waals surface area (Å²) in [7, 11) is 1.51. The summed E-state index contributed by atoms with van der Waals surface area (Å²) in [5.74, 6) is -1.000. The van der Waals surface area contributed by atoms with Crippen molar-refractivity contribution in [2.75, 3.05) is 7.05 Å². The molecule has 0 amide bonds. The molecule has 0 aromatic heterocycles. The molecule has 0 heterocycles. The van der Waals surface area contributed by atoms with Crippen molar-refractivity contribution < 1.29 is 23.1 Å². The molecule has 2 N–H and O–H groups in total. The molecular formula is C12H13ClF3NO2. The summed E-state index contributed by atoms with van der Waals surface area (Å²) in [4.78, 5) is 10.8. The van der Waals surface area contributed by atoms with Crippen LogP contribution in [-0.4, -0.2) is 24.2 Å². The molecule has 0 fully saturated rings. The quantitative estimate of drug-likeness (QED) is 0.878. The minimum Gasteiger partial charge on any atom is -0.480 e. The van der Waals surface area contributed by atoms with Crippen LogP contribution in [0.2, 0.25) is 5.02 Å². The fraction of sp³-hybridized carbons (Fsp3) is 0.417. The highest BCUT2D eigenvalue weighted by Gasteiger charge is 2.33. The van der Waals surface area contributed by atoms with E-state index in [1.807, 2.05) is 0 Å². The molecule has 0 saturated carbocycles. The van der Waals surface area contributed by atoms with Crippen molar-refractivity contribution >= 4 is 17.6 Å². The molecule has 1 aromatic rings. The molecule has 19 heavy (non-hydrogen) atoms. The Morgan fingerprint density at radius 2 is 2.11 bits per heavy atom. The molecule has 1 atom stereocenters. The average Bonchev–Trinajstić information content (AvgIpc) is 2.27. The van der Waals surface area contributed by atoms with Gasteiger partial charge in [-0.1, -0.05) is 17.7 Å². The van der Waals surface area contributed by atoms with Gasteiger partial charge < -0.3 is 10.4 Å². The number of rotatable bonds is 5. The first-order chi connectivity index (χ1) is 8.75. The van der Waals surface area contributed by atoms with Crippen molar-refractivity contribution in [1.29, 1.82) is 0 Å². The minimum absolute atomic E-state index is 0.271. The fourth-order valence-electron chi connectivity index (χ4n) is 1.65. The number of aryl methyl sites for hydroxylation is 1. The number of nitrogens with one attached hydrogen (secondary N) is 1. The van der Waals surface area contributed by atoms with Gasteiger partial charge in [-0.25, -0.2) is 0 Å². The number of hydrogen-bond acceptors (Lipinski definition) is 2. The third-order valence-corrected chi connectivity index (χ3v) is 3.02. The fourth-order valence-corrected chi connectivity index (χ4v) is 1.96. The second kappa shape index (κ2) is 6.25. The largest absolute Gasteiger partial charge is 0.480 e. The Labute approximate surface area is 113 Å². The maximum absolute atomic E-state index is 12.5. The molecule has 0 aliphatic carbocycles. The molecule has 3 nitrogen and oxygen atoms in total. The van der Waals surface area contributed by atoms with Crippen molar-refractivity contribution in [3.63, 3.8) is 0 Å². The average molecular weight is 296 g/mol. The van der Waals surface area contributed by atoms with Gasteiger partial charge in [0.25, 0.3) is 0 Å². The molecule has 0 radical (unpaired) electrons. The number of hydrogen-bond donors (Lipinski definition) is 2. The van der Waals surface area contributed by atoms with Crippen LogP contribution in [0.5, 0.6) is 0 Å². The lowest BCUT2D eigenvalue weighted by Gasteiger charge is -2.13. The smallest absolute Gasteiger partial charge is 0.417 e. The standard InChI is InChI=1S/C12H13ClF3NO2/c1-17-10(11(18)19)5-3-7-2-4-8(9(13)6-7)12(14,15)16/h2,4,6,10,17H,3,5H2,1H3,(H,18,19). The summed E-state index contributed by atoms with van der Waals surface area (Å²) in [5, 5.41) is 11.1. The number of aliphatic carboxylic acids is 1. The summed E-state index contributed by atoms with van der Waals surface area (Å²) < 4.78 is 37.4. The number of carboxylic acid groups (broad SMARTS) is 1. The first-order valence-electron chi connectivity index (χ1n) is 5.51. The third-order valence-electron chi connectivity index (χ3n) is 2.71. The molecule has 0 bridgehead atoms. The van der Waals surface area contributed by atoms with E-state index in [0.29, 0.717) is 12.0 Å². The lowest BCUT2D eigenvalue weighted by molar-refractivity contribution is -0.139. The predicted molar refractivity (Wildman–Crippen MR) is 65.3 cm³/mol. The van der Waals surface area contributed by atoms with E-state index in [0.717, 1.165) is 6.07 Å². The first-order valence-corrected chi connectivity index (χ1v) is 5.89. The van der Waals surface area contributed by atoms with Gasteiger partial charge in [0.1, 0.15) is 6.04 Å². The zero-order valence-electron chi connectivity index (χ0n) is 10.1. The van der Waals surface area contributed by atoms with Crippen LogP contribution in [0.15, 0.2) is 18.2 Å². The number of likely N-dealkylation sites (N-methyl/N-ethyl adjacent to an activating group) is 1. The van der Waals surface area contributed by atoms with Crippen LogP contribution in [0, 0.1) is 0 Å². The number of carboxylic acids is 1. The molecule has 0 saturated heterocycles. The van der Waals surface area contributed by atoms with Crippen molar-refractivity contribution in [1.82, 2.24) is 5.32 Å². The SMILES string of the molecule is CNC(CCc1ccc(C(F)(F)F)c(Cl)c1)C(=O)O. The maximum Gasteiger partial charge on any atom is 0.417 e. The topological polar surface area (TPSA) is 49.3 Å². The van der Waals surface area contributed by atoms with Crippen molar-refractivity contribution in [3.8, 4) is 0 Å². The second-order valence-electron chi connectivity index (χ2n) is 4.03. The minimum atomic E-state index is -4.48. The Hall–Kier alpha value is -1.27. The van der Waals surface area contributed by atoms with E-state index in [1.54, 1.807) is 0 Å². The van der Waals surface area contributed by atoms with E-state index >= 15 is 0 Å². The van der Waals surface area contributed by atoms with Gasteiger partial charge in [-0.2, -0.15) is 13.2 Å². The van der Waals surface area contributed by atoms with E-state index in [4.69, 9.17) is 16.7 Å². The first kappa shape index (κ1) is 15.8. The molecule has 7 heteroatoms. The Kier molecular flexibility index (Phi) is 5.20. The molecular weight excluding hydrogens is 283 g/mol. The van der Waals surface area contributed by atoms with Crippen LogP contribution in [-0.2, 0) is 17.4 Å². The van der Waals surface area contributed by atoms with Crippen LogP contribution in [0.3, 0.4) is 0 Å². The normalized spacial score (nSPS) is 13.3. The summed E-state index contributed by atoms with van der Waals surface area (Å²) in [5.41, 5.74) is -0.319. The van der Waals surface area contributed by atoms with E-state index in [-0.39, 0.29) is 11.4 Å². The van der Waals surface area contributed by atoms with Crippen LogP contribution < -0.4 is 5.32 Å². The van der Waals surface area contributed by atoms with Gasteiger partial charge in [0.05, 0.1) is 10.6 Å². The third kappa shape index (κ3) is 4.40. The summed E-state index contributed by atoms with van der Waals surface area (Å²) in [6.45, 7) is 0. The van der Waals surface area contributed by atoms with Crippen LogP contribution in [0.25, 0.3) is 0 Å². The van der Waals surface area contributed by atoms with Gasteiger partial charge in [-0.05, 0) is 37.6 Å². The Morgan fingerprint density at radius 1 is 1.47 bits per heavy atom. The summed E-state index contributed by atoms with van der Waals surface area (Å²) >= 11 is 5.57. The lowest BCUT2D eigenvalue weighted by atomic mass is 10.0. The molecule has 106 valence electrons. The second-order valence-corrected chi connectivity index (χ2v) is 4.44. The van der Waals surface area contributed by atoms with Gasteiger partial charge in [0.2, 0.25) is 0 Å². The number of halogens is 4. The van der Waals surface area contributed by atoms with Gasteiger partial charge in [0, 0.05) is 0 Å². The molecule has 0 aliphatic heterocycles. The Balaban J connectivity index is 2.77. The maximum atomic E-state index is 12.5. The zero-order chi connectivity index (χ0) is 14.6. The van der Waals surface area contributed by atoms with Crippen LogP contribution >= 0.6 is 11.6 Å². The van der Waals surface area contributed by atoms with Crippen molar-refractivity contribution in [3.05, 3.63) is 34.3 Å². The molecule has 0 spiro atoms. The molecule has 1 unspecified atom stereocenters. The molecule has 1 aromatic carbocycles. The predicted octanol–water partition coefficient (Wildman–Crippen LogP) is 2.96. The highest BCUT2D eigenvalue weighted by molar-refractivity contribution is 6.31. The van der Waals surface area contributed by atoms with E-state index in [2.05, 4.69) is 5.32 Å². The van der Waals surface area contributed by atoms with Crippen LogP contribution in [0.1, 0.15) is 17.5 Å². The highest BCUT2D eigenvalue weighted by Crippen LogP contribution is 2.35. The number of carbonyl (C=O) groups is 1. The monoisotopic (exact) mass is 295 g/mol. The van der Waals surface area contributed by atoms with E-state index in [9.17, 15) is 18.0 Å². The van der Waals surface area contributed by atoms with Gasteiger partial charge >= 0.3 is 12.1 Å². The van der Waals surface area contributed by atoms with Crippen LogP contribution in [0.4, 0.5) is 13.2 Å². The summed E-state index contributed by atoms with van der Waals surface area (Å²) in [6.07, 6.45) is -3.88. The zero-order valence-corrected chi connectivity index (χ0v) is 10.8. The van der Waals surface area contributed by atoms with Crippen molar-refractivity contribution in [2.45, 2.75) is 25.1 Å². The van der Waals surface area contributed by atoms with Gasteiger partial charge in [-0.15, -0.1) is 0 Å². The van der Waals surface area contributed by atoms with Gasteiger partial charge in [-0.3, -0.25) is 4.79 Å². The van der Waals surface area contributed by atoms with E-state index < -0.39 is 23.8 Å². The molecule has 0 aliphatic rings. The summed E-state index contributed by atoms with van der Waals surface area (Å²) in [6, 6.07) is 2.70. The number of alkyl halides is 3. The van der Waals surface area contributed by atoms with Gasteiger partial charge in [0.15, 0.2) is 0 Å². The molecule has 1 rings (SSSR count). The Morgan fingerprint density at radius 3 is 2.53 bits per heavy atom. The van der Waals surface area contributed by atoms with E-state index in [1.165, 1.54) is 19.2 Å². The Bertz CT molecular complexity index is 463. The lowest BCUT2D eigenvalue weighted by Crippen LogP contribution is -2.34.